The van der Waals surface area contributed by atoms with Gasteiger partial charge >= 0.3 is 0 Å². The smallest absolute Gasteiger partial charge is 0.0784 e. The molecule has 0 heterocycles. The van der Waals surface area contributed by atoms with E-state index in [1.54, 1.807) is 0 Å². The zero-order chi connectivity index (χ0) is 62.5. The van der Waals surface area contributed by atoms with Crippen LogP contribution in [0.15, 0.2) is 0 Å². The van der Waals surface area contributed by atoms with E-state index in [9.17, 15) is 0 Å². The van der Waals surface area contributed by atoms with Gasteiger partial charge in [-0.15, -0.1) is 0 Å². The standard InChI is InChI=1S/3C25H54N.H3O4P/c3*1-5-8-11-14-17-20-23-26(4,24-21-18-15-12-9-6-2)25-22-19-16-13-10-7-3;1-5(2,3)4/h3*5-25H2,1-4H3;(H3,1,2,3,4)/q3*+1;/p-3. The van der Waals surface area contributed by atoms with E-state index in [0.29, 0.717) is 0 Å². The average molecular weight is 1200 g/mol. The molecule has 0 N–H and O–H groups in total. The van der Waals surface area contributed by atoms with Gasteiger partial charge in [0.1, 0.15) is 0 Å². The highest BCUT2D eigenvalue weighted by Crippen LogP contribution is 2.20. The SMILES string of the molecule is CCCCCCCC[N+](C)(CCCCCCCC)CCCCCCCC.CCCCCCCC[N+](C)(CCCCCCCC)CCCCCCCC.CCCCCCCC[N+](C)(CCCCCCCC)CCCCCCCC.O=P([O-])([O-])[O-]. The molecule has 506 valence electrons. The molecule has 8 heteroatoms. The number of phosphoric acid groups is 1. The number of quaternary nitrogens is 3. The molecule has 0 aliphatic heterocycles. The van der Waals surface area contributed by atoms with E-state index in [1.807, 2.05) is 0 Å². The summed E-state index contributed by atoms with van der Waals surface area (Å²) >= 11 is 0. The maximum atomic E-state index is 8.55. The minimum atomic E-state index is -5.39. The molecule has 0 aliphatic carbocycles. The summed E-state index contributed by atoms with van der Waals surface area (Å²) < 4.78 is 12.6. The second kappa shape index (κ2) is 71.1. The molecule has 0 unspecified atom stereocenters. The first kappa shape index (κ1) is 89.4. The van der Waals surface area contributed by atoms with Gasteiger partial charge in [0.15, 0.2) is 0 Å². The largest absolute Gasteiger partial charge is 0.822 e. The molecule has 0 saturated heterocycles. The summed E-state index contributed by atoms with van der Waals surface area (Å²) in [5, 5.41) is 0. The maximum absolute atomic E-state index is 8.55. The molecule has 0 aliphatic rings. The maximum Gasteiger partial charge on any atom is 0.0784 e. The Balaban J connectivity index is -0.000000540. The highest BCUT2D eigenvalue weighted by atomic mass is 31.2. The highest BCUT2D eigenvalue weighted by Gasteiger charge is 2.22. The monoisotopic (exact) mass is 1200 g/mol. The Kier molecular flexibility index (Phi) is 76.6. The van der Waals surface area contributed by atoms with E-state index < -0.39 is 7.82 Å². The summed E-state index contributed by atoms with van der Waals surface area (Å²) in [4.78, 5) is 25.6. The van der Waals surface area contributed by atoms with Gasteiger partial charge in [-0.1, -0.05) is 293 Å². The molecule has 0 saturated carbocycles. The lowest BCUT2D eigenvalue weighted by atomic mass is 10.1. The zero-order valence-corrected chi connectivity index (χ0v) is 60.9. The molecular formula is C75H162N3O4P. The van der Waals surface area contributed by atoms with Gasteiger partial charge in [0.25, 0.3) is 0 Å². The van der Waals surface area contributed by atoms with Crippen molar-refractivity contribution in [3.63, 3.8) is 0 Å². The van der Waals surface area contributed by atoms with Crippen molar-refractivity contribution in [2.75, 3.05) is 80.0 Å². The van der Waals surface area contributed by atoms with Crippen LogP contribution in [0, 0.1) is 0 Å². The van der Waals surface area contributed by atoms with Crippen molar-refractivity contribution in [3.8, 4) is 0 Å². The van der Waals surface area contributed by atoms with Crippen molar-refractivity contribution < 1.29 is 32.7 Å². The fourth-order valence-electron chi connectivity index (χ4n) is 12.5. The van der Waals surface area contributed by atoms with Gasteiger partial charge in [-0.3, -0.25) is 0 Å². The van der Waals surface area contributed by atoms with Crippen molar-refractivity contribution >= 4 is 7.82 Å². The van der Waals surface area contributed by atoms with E-state index in [0.717, 1.165) is 0 Å². The minimum Gasteiger partial charge on any atom is -0.822 e. The Morgan fingerprint density at radius 2 is 0.253 bits per heavy atom. The Hall–Kier alpha value is -0.0100. The molecule has 0 radical (unpaired) electrons. The molecule has 0 spiro atoms. The second-order valence-corrected chi connectivity index (χ2v) is 28.6. The van der Waals surface area contributed by atoms with Gasteiger partial charge in [-0.25, -0.2) is 0 Å². The fourth-order valence-corrected chi connectivity index (χ4v) is 12.5. The van der Waals surface area contributed by atoms with Crippen LogP contribution in [0.4, 0.5) is 0 Å². The van der Waals surface area contributed by atoms with Crippen LogP contribution in [-0.4, -0.2) is 93.5 Å². The third-order valence-electron chi connectivity index (χ3n) is 18.5. The van der Waals surface area contributed by atoms with Crippen molar-refractivity contribution in [3.05, 3.63) is 0 Å². The number of hydrogen-bond acceptors (Lipinski definition) is 4. The topological polar surface area (TPSA) is 86.2 Å². The molecule has 0 amide bonds. The third-order valence-corrected chi connectivity index (χ3v) is 18.5. The molecule has 83 heavy (non-hydrogen) atoms. The van der Waals surface area contributed by atoms with E-state index >= 15 is 0 Å². The minimum absolute atomic E-state index is 1.36. The van der Waals surface area contributed by atoms with Gasteiger partial charge in [0, 0.05) is 0 Å². The summed E-state index contributed by atoms with van der Waals surface area (Å²) in [6, 6.07) is 0. The molecule has 0 rings (SSSR count). The fraction of sp³-hybridized carbons (Fsp3) is 1.00. The average Bonchev–Trinajstić information content (AvgIpc) is 3.52. The molecule has 7 nitrogen and oxygen atoms in total. The zero-order valence-electron chi connectivity index (χ0n) is 60.0. The van der Waals surface area contributed by atoms with Gasteiger partial charge in [0.05, 0.1) is 80.0 Å². The van der Waals surface area contributed by atoms with Crippen LogP contribution in [0.3, 0.4) is 0 Å². The van der Waals surface area contributed by atoms with Gasteiger partial charge in [0.2, 0.25) is 0 Å². The number of rotatable bonds is 63. The lowest BCUT2D eigenvalue weighted by Gasteiger charge is -2.36. The molecule has 0 atom stereocenters. The lowest BCUT2D eigenvalue weighted by molar-refractivity contribution is -0.910. The molecular weight excluding hydrogens is 1040 g/mol. The van der Waals surface area contributed by atoms with Gasteiger partial charge < -0.3 is 32.7 Å². The van der Waals surface area contributed by atoms with Crippen LogP contribution in [0.2, 0.25) is 0 Å². The summed E-state index contributed by atoms with van der Waals surface area (Å²) in [5.41, 5.74) is 0. The van der Waals surface area contributed by atoms with E-state index in [4.69, 9.17) is 19.2 Å². The lowest BCUT2D eigenvalue weighted by Crippen LogP contribution is -2.46. The van der Waals surface area contributed by atoms with Crippen molar-refractivity contribution in [1.82, 2.24) is 0 Å². The first-order valence-electron chi connectivity index (χ1n) is 38.3. The predicted molar refractivity (Wildman–Crippen MR) is 370 cm³/mol. The van der Waals surface area contributed by atoms with Crippen molar-refractivity contribution in [2.45, 2.75) is 409 Å². The van der Waals surface area contributed by atoms with Crippen LogP contribution in [-0.2, 0) is 4.57 Å². The molecule has 0 aromatic heterocycles. The van der Waals surface area contributed by atoms with Crippen LogP contribution in [0.5, 0.6) is 0 Å². The summed E-state index contributed by atoms with van der Waals surface area (Å²) in [5.74, 6) is 0. The summed E-state index contributed by atoms with van der Waals surface area (Å²) in [6.45, 7) is 33.7. The Bertz CT molecular complexity index is 957. The number of unbranched alkanes of at least 4 members (excludes halogenated alkanes) is 45. The Morgan fingerprint density at radius 3 is 0.337 bits per heavy atom. The van der Waals surface area contributed by atoms with E-state index in [-0.39, 0.29) is 0 Å². The quantitative estimate of drug-likeness (QED) is 0.0345. The van der Waals surface area contributed by atoms with Gasteiger partial charge in [-0.05, 0) is 116 Å². The van der Waals surface area contributed by atoms with Crippen LogP contribution in [0.25, 0.3) is 0 Å². The summed E-state index contributed by atoms with van der Waals surface area (Å²) in [6.07, 6.45) is 77.6. The molecule has 0 bridgehead atoms. The number of nitrogens with zero attached hydrogens (tertiary/aromatic N) is 3. The molecule has 0 aromatic rings. The van der Waals surface area contributed by atoms with E-state index in [1.165, 1.54) is 419 Å². The van der Waals surface area contributed by atoms with E-state index in [2.05, 4.69) is 83.5 Å². The first-order chi connectivity index (χ1) is 40.0. The van der Waals surface area contributed by atoms with Crippen molar-refractivity contribution in [2.24, 2.45) is 0 Å². The molecule has 0 aromatic carbocycles. The molecule has 0 fully saturated rings. The van der Waals surface area contributed by atoms with Gasteiger partial charge in [-0.2, -0.15) is 7.82 Å². The normalized spacial score (nSPS) is 12.0. The first-order valence-corrected chi connectivity index (χ1v) is 39.7. The van der Waals surface area contributed by atoms with Crippen LogP contribution >= 0.6 is 7.82 Å². The van der Waals surface area contributed by atoms with Crippen molar-refractivity contribution in [1.29, 1.82) is 0 Å². The predicted octanol–water partition coefficient (Wildman–Crippen LogP) is 22.7. The highest BCUT2D eigenvalue weighted by molar-refractivity contribution is 7.40. The number of hydrogen-bond donors (Lipinski definition) is 0. The second-order valence-electron chi connectivity index (χ2n) is 27.7. The third kappa shape index (κ3) is 80.0. The Labute approximate surface area is 527 Å². The van der Waals surface area contributed by atoms with Crippen LogP contribution < -0.4 is 14.7 Å². The summed E-state index contributed by atoms with van der Waals surface area (Å²) in [7, 11) is 2.29. The van der Waals surface area contributed by atoms with Crippen LogP contribution in [0.1, 0.15) is 409 Å². The Morgan fingerprint density at radius 1 is 0.181 bits per heavy atom.